The Morgan fingerprint density at radius 3 is 2.66 bits per heavy atom. The van der Waals surface area contributed by atoms with E-state index >= 15 is 0 Å². The number of carbonyl (C=O) groups is 1. The fourth-order valence-corrected chi connectivity index (χ4v) is 3.98. The third-order valence-electron chi connectivity index (χ3n) is 5.81. The average molecular weight is 476 g/mol. The second kappa shape index (κ2) is 8.89. The molecular formula is C23H24N8O4. The van der Waals surface area contributed by atoms with Gasteiger partial charge in [0.25, 0.3) is 5.91 Å². The van der Waals surface area contributed by atoms with E-state index in [1.54, 1.807) is 42.2 Å². The Morgan fingerprint density at radius 2 is 1.91 bits per heavy atom. The van der Waals surface area contributed by atoms with Gasteiger partial charge in [-0.2, -0.15) is 5.10 Å². The first kappa shape index (κ1) is 22.6. The van der Waals surface area contributed by atoms with Crippen LogP contribution in [0.1, 0.15) is 17.9 Å². The van der Waals surface area contributed by atoms with Gasteiger partial charge in [0.1, 0.15) is 11.5 Å². The highest BCUT2D eigenvalue weighted by Crippen LogP contribution is 2.34. The third kappa shape index (κ3) is 4.24. The summed E-state index contributed by atoms with van der Waals surface area (Å²) in [4.78, 5) is 27.3. The summed E-state index contributed by atoms with van der Waals surface area (Å²) in [5, 5.41) is 31.6. The normalized spacial score (nSPS) is 17.8. The van der Waals surface area contributed by atoms with E-state index in [4.69, 9.17) is 4.52 Å². The highest BCUT2D eigenvalue weighted by Gasteiger charge is 2.48. The standard InChI is InChI=1S/C23H24N8O4/c1-14-12-20(31(28-14)10-11-32)27-22-24-8-6-17(26-22)15-4-3-5-16(25-15)18-13-19(35-29-18)23(34)7-9-30(2)21(23)33/h3-6,8,12-13,32,34H,7,9-11H2,1-2H3,(H,24,26,27). The number of hydrogen-bond donors (Lipinski definition) is 3. The lowest BCUT2D eigenvalue weighted by Crippen LogP contribution is -2.35. The molecule has 35 heavy (non-hydrogen) atoms. The molecule has 1 aliphatic heterocycles. The lowest BCUT2D eigenvalue weighted by atomic mass is 9.98. The Hall–Kier alpha value is -4.16. The predicted molar refractivity (Wildman–Crippen MR) is 124 cm³/mol. The van der Waals surface area contributed by atoms with Crippen molar-refractivity contribution >= 4 is 17.7 Å². The monoisotopic (exact) mass is 476 g/mol. The van der Waals surface area contributed by atoms with Crippen LogP contribution in [-0.2, 0) is 16.9 Å². The molecule has 0 saturated carbocycles. The summed E-state index contributed by atoms with van der Waals surface area (Å²) < 4.78 is 6.99. The maximum atomic E-state index is 12.4. The lowest BCUT2D eigenvalue weighted by molar-refractivity contribution is -0.144. The summed E-state index contributed by atoms with van der Waals surface area (Å²) in [5.74, 6) is 0.690. The van der Waals surface area contributed by atoms with E-state index < -0.39 is 11.5 Å². The van der Waals surface area contributed by atoms with E-state index in [9.17, 15) is 15.0 Å². The number of pyridine rings is 1. The smallest absolute Gasteiger partial charge is 0.262 e. The van der Waals surface area contributed by atoms with Crippen molar-refractivity contribution in [2.75, 3.05) is 25.5 Å². The van der Waals surface area contributed by atoms with Gasteiger partial charge in [0.05, 0.1) is 35.9 Å². The molecular weight excluding hydrogens is 452 g/mol. The molecule has 4 aromatic heterocycles. The van der Waals surface area contributed by atoms with Crippen molar-refractivity contribution in [2.24, 2.45) is 0 Å². The van der Waals surface area contributed by atoms with E-state index in [0.717, 1.165) is 5.69 Å². The molecule has 1 fully saturated rings. The van der Waals surface area contributed by atoms with Gasteiger partial charge in [0.2, 0.25) is 11.5 Å². The zero-order valence-corrected chi connectivity index (χ0v) is 19.2. The second-order valence-corrected chi connectivity index (χ2v) is 8.33. The van der Waals surface area contributed by atoms with Crippen molar-refractivity contribution in [3.63, 3.8) is 0 Å². The molecule has 5 heterocycles. The quantitative estimate of drug-likeness (QED) is 0.357. The summed E-state index contributed by atoms with van der Waals surface area (Å²) in [6, 6.07) is 10.5. The van der Waals surface area contributed by atoms with Crippen LogP contribution in [0.3, 0.4) is 0 Å². The minimum atomic E-state index is -1.72. The van der Waals surface area contributed by atoms with Gasteiger partial charge in [-0.25, -0.2) is 19.6 Å². The molecule has 0 bridgehead atoms. The first-order valence-corrected chi connectivity index (χ1v) is 11.1. The number of aliphatic hydroxyl groups excluding tert-OH is 1. The van der Waals surface area contributed by atoms with Crippen LogP contribution < -0.4 is 5.32 Å². The minimum absolute atomic E-state index is 0.0422. The van der Waals surface area contributed by atoms with Crippen LogP contribution in [-0.4, -0.2) is 71.1 Å². The Balaban J connectivity index is 1.41. The number of carbonyl (C=O) groups excluding carboxylic acids is 1. The number of aryl methyl sites for hydroxylation is 1. The van der Waals surface area contributed by atoms with E-state index in [0.29, 0.717) is 47.6 Å². The van der Waals surface area contributed by atoms with Crippen LogP contribution in [0.15, 0.2) is 47.1 Å². The molecule has 0 aromatic carbocycles. The largest absolute Gasteiger partial charge is 0.394 e. The lowest BCUT2D eigenvalue weighted by Gasteiger charge is -2.16. The zero-order chi connectivity index (χ0) is 24.6. The van der Waals surface area contributed by atoms with Gasteiger partial charge in [-0.05, 0) is 25.1 Å². The fraction of sp³-hybridized carbons (Fsp3) is 0.304. The van der Waals surface area contributed by atoms with Gasteiger partial charge >= 0.3 is 0 Å². The third-order valence-corrected chi connectivity index (χ3v) is 5.81. The van der Waals surface area contributed by atoms with Gasteiger partial charge in [0.15, 0.2) is 5.76 Å². The highest BCUT2D eigenvalue weighted by atomic mass is 16.5. The molecule has 1 unspecified atom stereocenters. The molecule has 1 amide bonds. The molecule has 180 valence electrons. The number of rotatable bonds is 7. The molecule has 0 spiro atoms. The van der Waals surface area contributed by atoms with Gasteiger partial charge in [0, 0.05) is 38.3 Å². The molecule has 1 saturated heterocycles. The molecule has 12 nitrogen and oxygen atoms in total. The minimum Gasteiger partial charge on any atom is -0.394 e. The Morgan fingerprint density at radius 1 is 1.14 bits per heavy atom. The SMILES string of the molecule is Cc1cc(Nc2nccc(-c3cccc(-c4cc(C5(O)CCN(C)C5=O)on4)n3)n2)n(CCO)n1. The summed E-state index contributed by atoms with van der Waals surface area (Å²) in [7, 11) is 1.63. The highest BCUT2D eigenvalue weighted by molar-refractivity contribution is 5.87. The second-order valence-electron chi connectivity index (χ2n) is 8.33. The topological polar surface area (TPSA) is 155 Å². The number of likely N-dealkylation sites (tertiary alicyclic amines) is 1. The van der Waals surface area contributed by atoms with E-state index in [-0.39, 0.29) is 18.8 Å². The van der Waals surface area contributed by atoms with Crippen LogP contribution in [0.25, 0.3) is 22.8 Å². The van der Waals surface area contributed by atoms with Crippen LogP contribution in [0.2, 0.25) is 0 Å². The van der Waals surface area contributed by atoms with Crippen molar-refractivity contribution in [1.29, 1.82) is 0 Å². The Bertz CT molecular complexity index is 1380. The van der Waals surface area contributed by atoms with E-state index in [1.165, 1.54) is 4.90 Å². The van der Waals surface area contributed by atoms with Crippen molar-refractivity contribution < 1.29 is 19.5 Å². The Kier molecular flexibility index (Phi) is 5.75. The first-order chi connectivity index (χ1) is 16.9. The van der Waals surface area contributed by atoms with Crippen LogP contribution >= 0.6 is 0 Å². The summed E-state index contributed by atoms with van der Waals surface area (Å²) in [5.41, 5.74) is 1.13. The molecule has 5 rings (SSSR count). The Labute approximate surface area is 200 Å². The maximum Gasteiger partial charge on any atom is 0.262 e. The average Bonchev–Trinajstić information content (AvgIpc) is 3.56. The van der Waals surface area contributed by atoms with E-state index in [2.05, 4.69) is 30.5 Å². The molecule has 12 heteroatoms. The molecule has 0 radical (unpaired) electrons. The predicted octanol–water partition coefficient (Wildman–Crippen LogP) is 1.48. The number of likely N-dealkylation sites (N-methyl/N-ethyl adjacent to an activating group) is 1. The number of nitrogens with zero attached hydrogens (tertiary/aromatic N) is 7. The molecule has 1 aliphatic rings. The summed E-state index contributed by atoms with van der Waals surface area (Å²) in [6.07, 6.45) is 1.85. The molecule has 3 N–H and O–H groups in total. The number of hydrogen-bond acceptors (Lipinski definition) is 10. The van der Waals surface area contributed by atoms with Gasteiger partial charge in [-0.1, -0.05) is 11.2 Å². The summed E-state index contributed by atoms with van der Waals surface area (Å²) >= 11 is 0. The van der Waals surface area contributed by atoms with Gasteiger partial charge < -0.3 is 25.0 Å². The van der Waals surface area contributed by atoms with E-state index in [1.807, 2.05) is 19.1 Å². The van der Waals surface area contributed by atoms with Crippen LogP contribution in [0.5, 0.6) is 0 Å². The molecule has 1 atom stereocenters. The van der Waals surface area contributed by atoms with Gasteiger partial charge in [-0.15, -0.1) is 0 Å². The number of aliphatic hydroxyl groups is 2. The van der Waals surface area contributed by atoms with Crippen molar-refractivity contribution in [3.05, 3.63) is 54.0 Å². The number of amides is 1. The first-order valence-electron chi connectivity index (χ1n) is 11.1. The zero-order valence-electron chi connectivity index (χ0n) is 19.2. The maximum absolute atomic E-state index is 12.4. The van der Waals surface area contributed by atoms with Crippen molar-refractivity contribution in [3.8, 4) is 22.8 Å². The van der Waals surface area contributed by atoms with Crippen LogP contribution in [0, 0.1) is 6.92 Å². The van der Waals surface area contributed by atoms with Crippen molar-refractivity contribution in [1.82, 2.24) is 34.8 Å². The van der Waals surface area contributed by atoms with Crippen LogP contribution in [0.4, 0.5) is 11.8 Å². The van der Waals surface area contributed by atoms with Gasteiger partial charge in [-0.3, -0.25) is 4.79 Å². The number of nitrogens with one attached hydrogen (secondary N) is 1. The molecule has 0 aliphatic carbocycles. The van der Waals surface area contributed by atoms with Crippen molar-refractivity contribution in [2.45, 2.75) is 25.5 Å². The number of aromatic nitrogens is 6. The number of anilines is 2. The summed E-state index contributed by atoms with van der Waals surface area (Å²) in [6.45, 7) is 2.60. The molecule has 4 aromatic rings. The fourth-order valence-electron chi connectivity index (χ4n) is 3.98.